The number of aliphatic hydroxyl groups is 1. The van der Waals surface area contributed by atoms with Crippen LogP contribution in [0.5, 0.6) is 0 Å². The molecule has 0 radical (unpaired) electrons. The number of rotatable bonds is 4. The van der Waals surface area contributed by atoms with E-state index in [1.807, 2.05) is 0 Å². The van der Waals surface area contributed by atoms with E-state index in [1.165, 1.54) is 5.56 Å². The monoisotopic (exact) mass is 234 g/mol. The molecule has 0 atom stereocenters. The maximum Gasteiger partial charge on any atom is 0.0558 e. The van der Waals surface area contributed by atoms with Crippen LogP contribution in [0.2, 0.25) is 0 Å². The van der Waals surface area contributed by atoms with Crippen molar-refractivity contribution in [1.82, 2.24) is 4.90 Å². The number of nitrogens with two attached hydrogens (primary N) is 1. The number of benzene rings is 1. The number of aliphatic hydroxyl groups excluding tert-OH is 1. The van der Waals surface area contributed by atoms with Crippen molar-refractivity contribution in [3.8, 4) is 0 Å². The Morgan fingerprint density at radius 3 is 2.35 bits per heavy atom. The average Bonchev–Trinajstić information content (AvgIpc) is 2.41. The lowest BCUT2D eigenvalue weighted by molar-refractivity contribution is 0.133. The minimum Gasteiger partial charge on any atom is -0.395 e. The van der Waals surface area contributed by atoms with Crippen LogP contribution in [0.4, 0.5) is 0 Å². The van der Waals surface area contributed by atoms with Crippen molar-refractivity contribution >= 4 is 0 Å². The standard InChI is InChI=1S/C14H22N2O/c15-12-14(13-4-2-1-3-5-13)6-8-16(9-7-14)10-11-17/h1-5,17H,6-12,15H2. The predicted molar refractivity (Wildman–Crippen MR) is 69.9 cm³/mol. The normalized spacial score (nSPS) is 20.4. The van der Waals surface area contributed by atoms with E-state index in [4.69, 9.17) is 10.8 Å². The molecule has 17 heavy (non-hydrogen) atoms. The SMILES string of the molecule is NCC1(c2ccccc2)CCN(CCO)CC1. The number of likely N-dealkylation sites (tertiary alicyclic amines) is 1. The van der Waals surface area contributed by atoms with Gasteiger partial charge in [0, 0.05) is 18.5 Å². The van der Waals surface area contributed by atoms with Crippen LogP contribution in [0, 0.1) is 0 Å². The van der Waals surface area contributed by atoms with Crippen molar-refractivity contribution < 1.29 is 5.11 Å². The van der Waals surface area contributed by atoms with Gasteiger partial charge in [0.05, 0.1) is 6.61 Å². The third kappa shape index (κ3) is 2.68. The van der Waals surface area contributed by atoms with Gasteiger partial charge in [0.1, 0.15) is 0 Å². The van der Waals surface area contributed by atoms with Gasteiger partial charge in [0.2, 0.25) is 0 Å². The highest BCUT2D eigenvalue weighted by Crippen LogP contribution is 2.34. The first-order valence-corrected chi connectivity index (χ1v) is 6.39. The summed E-state index contributed by atoms with van der Waals surface area (Å²) >= 11 is 0. The quantitative estimate of drug-likeness (QED) is 0.816. The molecule has 0 bridgehead atoms. The summed E-state index contributed by atoms with van der Waals surface area (Å²) in [6.07, 6.45) is 2.18. The number of piperidine rings is 1. The van der Waals surface area contributed by atoms with Crippen LogP contribution < -0.4 is 5.73 Å². The van der Waals surface area contributed by atoms with Crippen LogP contribution in [0.25, 0.3) is 0 Å². The molecule has 0 saturated carbocycles. The average molecular weight is 234 g/mol. The van der Waals surface area contributed by atoms with Crippen molar-refractivity contribution in [2.75, 3.05) is 32.8 Å². The lowest BCUT2D eigenvalue weighted by Crippen LogP contribution is -2.47. The zero-order chi connectivity index (χ0) is 12.1. The molecule has 1 aromatic rings. The van der Waals surface area contributed by atoms with Gasteiger partial charge in [0.15, 0.2) is 0 Å². The van der Waals surface area contributed by atoms with Gasteiger partial charge in [0.25, 0.3) is 0 Å². The van der Waals surface area contributed by atoms with Gasteiger partial charge < -0.3 is 15.7 Å². The molecule has 0 spiro atoms. The van der Waals surface area contributed by atoms with Crippen molar-refractivity contribution in [3.05, 3.63) is 35.9 Å². The zero-order valence-corrected chi connectivity index (χ0v) is 10.3. The lowest BCUT2D eigenvalue weighted by Gasteiger charge is -2.41. The molecule has 1 saturated heterocycles. The Labute approximate surface area is 103 Å². The molecular formula is C14H22N2O. The summed E-state index contributed by atoms with van der Waals surface area (Å²) in [5, 5.41) is 8.96. The molecule has 94 valence electrons. The van der Waals surface area contributed by atoms with Gasteiger partial charge in [-0.05, 0) is 31.5 Å². The number of nitrogens with zero attached hydrogens (tertiary/aromatic N) is 1. The van der Waals surface area contributed by atoms with E-state index in [9.17, 15) is 0 Å². The molecule has 3 heteroatoms. The minimum absolute atomic E-state index is 0.146. The first-order valence-electron chi connectivity index (χ1n) is 6.39. The second-order valence-corrected chi connectivity index (χ2v) is 4.92. The molecule has 3 N–H and O–H groups in total. The maximum absolute atomic E-state index is 8.96. The predicted octanol–water partition coefficient (Wildman–Crippen LogP) is 0.971. The van der Waals surface area contributed by atoms with Gasteiger partial charge in [-0.1, -0.05) is 30.3 Å². The first-order chi connectivity index (χ1) is 8.30. The second kappa shape index (κ2) is 5.63. The van der Waals surface area contributed by atoms with Crippen LogP contribution in [-0.2, 0) is 5.41 Å². The highest BCUT2D eigenvalue weighted by Gasteiger charge is 2.34. The third-order valence-electron chi connectivity index (χ3n) is 4.01. The van der Waals surface area contributed by atoms with Crippen molar-refractivity contribution in [2.45, 2.75) is 18.3 Å². The molecule has 0 amide bonds. The molecular weight excluding hydrogens is 212 g/mol. The summed E-state index contributed by atoms with van der Waals surface area (Å²) in [5.74, 6) is 0. The third-order valence-corrected chi connectivity index (χ3v) is 4.01. The van der Waals surface area contributed by atoms with E-state index in [1.54, 1.807) is 0 Å². The van der Waals surface area contributed by atoms with Crippen molar-refractivity contribution in [2.24, 2.45) is 5.73 Å². The van der Waals surface area contributed by atoms with E-state index < -0.39 is 0 Å². The maximum atomic E-state index is 8.96. The Morgan fingerprint density at radius 2 is 1.82 bits per heavy atom. The van der Waals surface area contributed by atoms with Crippen molar-refractivity contribution in [3.63, 3.8) is 0 Å². The summed E-state index contributed by atoms with van der Waals surface area (Å²) in [7, 11) is 0. The molecule has 2 rings (SSSR count). The van der Waals surface area contributed by atoms with Crippen molar-refractivity contribution in [1.29, 1.82) is 0 Å². The smallest absolute Gasteiger partial charge is 0.0558 e. The van der Waals surface area contributed by atoms with Gasteiger partial charge in [-0.25, -0.2) is 0 Å². The minimum atomic E-state index is 0.146. The number of hydrogen-bond acceptors (Lipinski definition) is 3. The largest absolute Gasteiger partial charge is 0.395 e. The molecule has 0 aliphatic carbocycles. The molecule has 0 aromatic heterocycles. The van der Waals surface area contributed by atoms with Crippen LogP contribution in [0.15, 0.2) is 30.3 Å². The molecule has 1 heterocycles. The second-order valence-electron chi connectivity index (χ2n) is 4.92. The highest BCUT2D eigenvalue weighted by atomic mass is 16.3. The summed E-state index contributed by atoms with van der Waals surface area (Å²) < 4.78 is 0. The lowest BCUT2D eigenvalue weighted by atomic mass is 9.73. The summed E-state index contributed by atoms with van der Waals surface area (Å²) in [5.41, 5.74) is 7.53. The molecule has 1 fully saturated rings. The Bertz CT molecular complexity index is 331. The van der Waals surface area contributed by atoms with E-state index in [0.717, 1.165) is 32.5 Å². The molecule has 1 aliphatic heterocycles. The fraction of sp³-hybridized carbons (Fsp3) is 0.571. The molecule has 3 nitrogen and oxygen atoms in total. The number of β-amino-alcohol motifs (C(OH)–C–C–N with tert-alkyl or cyclic N) is 1. The van der Waals surface area contributed by atoms with E-state index in [2.05, 4.69) is 35.2 Å². The van der Waals surface area contributed by atoms with Crippen LogP contribution >= 0.6 is 0 Å². The van der Waals surface area contributed by atoms with Crippen LogP contribution in [-0.4, -0.2) is 42.8 Å². The first kappa shape index (κ1) is 12.6. The Morgan fingerprint density at radius 1 is 1.18 bits per heavy atom. The zero-order valence-electron chi connectivity index (χ0n) is 10.3. The Kier molecular flexibility index (Phi) is 4.15. The van der Waals surface area contributed by atoms with Gasteiger partial charge in [-0.15, -0.1) is 0 Å². The van der Waals surface area contributed by atoms with Crippen LogP contribution in [0.3, 0.4) is 0 Å². The van der Waals surface area contributed by atoms with Gasteiger partial charge >= 0.3 is 0 Å². The summed E-state index contributed by atoms with van der Waals surface area (Å²) in [6, 6.07) is 10.6. The van der Waals surface area contributed by atoms with E-state index >= 15 is 0 Å². The van der Waals surface area contributed by atoms with Gasteiger partial charge in [-0.3, -0.25) is 0 Å². The van der Waals surface area contributed by atoms with Gasteiger partial charge in [-0.2, -0.15) is 0 Å². The summed E-state index contributed by atoms with van der Waals surface area (Å²) in [6.45, 7) is 3.82. The molecule has 1 aliphatic rings. The highest BCUT2D eigenvalue weighted by molar-refractivity contribution is 5.26. The Hall–Kier alpha value is -0.900. The van der Waals surface area contributed by atoms with E-state index in [-0.39, 0.29) is 12.0 Å². The summed E-state index contributed by atoms with van der Waals surface area (Å²) in [4.78, 5) is 2.32. The topological polar surface area (TPSA) is 49.5 Å². The fourth-order valence-electron chi connectivity index (χ4n) is 2.75. The van der Waals surface area contributed by atoms with E-state index in [0.29, 0.717) is 6.54 Å². The molecule has 0 unspecified atom stereocenters. The van der Waals surface area contributed by atoms with Crippen LogP contribution in [0.1, 0.15) is 18.4 Å². The fourth-order valence-corrected chi connectivity index (χ4v) is 2.75. The Balaban J connectivity index is 2.08. The number of hydrogen-bond donors (Lipinski definition) is 2. The molecule has 1 aromatic carbocycles.